The smallest absolute Gasteiger partial charge is 0.262 e. The molecule has 0 saturated carbocycles. The van der Waals surface area contributed by atoms with Gasteiger partial charge in [-0.05, 0) is 56.7 Å². The van der Waals surface area contributed by atoms with Crippen LogP contribution in [0.4, 0.5) is 5.00 Å². The number of carbonyl (C=O) groups excluding carboxylic acids is 1. The van der Waals surface area contributed by atoms with Crippen molar-refractivity contribution in [2.75, 3.05) is 11.1 Å². The molecule has 8 heteroatoms. The number of hydrogen-bond donors (Lipinski definition) is 1. The lowest BCUT2D eigenvalue weighted by atomic mass is 10.1. The molecule has 0 bridgehead atoms. The fourth-order valence-electron chi connectivity index (χ4n) is 4.04. The van der Waals surface area contributed by atoms with Crippen LogP contribution in [-0.2, 0) is 17.6 Å². The predicted octanol–water partition coefficient (Wildman–Crippen LogP) is 5.30. The molecular weight excluding hydrogens is 440 g/mol. The zero-order chi connectivity index (χ0) is 22.7. The number of thioether (sulfide) groups is 1. The first-order valence-electron chi connectivity index (χ1n) is 11.0. The van der Waals surface area contributed by atoms with Crippen LogP contribution in [0, 0.1) is 11.3 Å². The van der Waals surface area contributed by atoms with E-state index in [0.717, 1.165) is 37.7 Å². The summed E-state index contributed by atoms with van der Waals surface area (Å²) in [5.41, 5.74) is 2.28. The topological polar surface area (TPSA) is 87.8 Å². The van der Waals surface area contributed by atoms with E-state index in [4.69, 9.17) is 0 Å². The molecule has 1 aliphatic carbocycles. The van der Waals surface area contributed by atoms with Gasteiger partial charge in [0.2, 0.25) is 5.91 Å². The van der Waals surface area contributed by atoms with E-state index >= 15 is 0 Å². The molecule has 4 rings (SSSR count). The van der Waals surface area contributed by atoms with Crippen molar-refractivity contribution < 1.29 is 4.79 Å². The van der Waals surface area contributed by atoms with Crippen molar-refractivity contribution in [3.05, 3.63) is 50.6 Å². The molecule has 0 fully saturated rings. The fourth-order valence-corrected chi connectivity index (χ4v) is 6.19. The number of aryl methyl sites for hydroxylation is 1. The third-order valence-corrected chi connectivity index (χ3v) is 8.09. The molecule has 0 radical (unpaired) electrons. The largest absolute Gasteiger partial charge is 0.316 e. The first-order valence-corrected chi connectivity index (χ1v) is 12.8. The lowest BCUT2D eigenvalue weighted by Gasteiger charge is -2.18. The van der Waals surface area contributed by atoms with E-state index in [1.54, 1.807) is 10.6 Å². The van der Waals surface area contributed by atoms with Crippen molar-refractivity contribution in [3.8, 4) is 6.07 Å². The number of aromatic nitrogens is 2. The van der Waals surface area contributed by atoms with E-state index in [0.29, 0.717) is 26.6 Å². The number of para-hydroxylation sites is 1. The standard InChI is InChI=1S/C24H26N4O2S2/c1-3-15(2)28-23(30)17-10-7-8-11-19(17)26-24(28)31-14-21(29)27-22-18(13-25)16-9-5-4-6-12-20(16)32-22/h7-8,10-11,15H,3-6,9,12,14H2,1-2H3,(H,27,29). The van der Waals surface area contributed by atoms with E-state index in [2.05, 4.69) is 16.4 Å². The van der Waals surface area contributed by atoms with Gasteiger partial charge in [-0.25, -0.2) is 4.98 Å². The van der Waals surface area contributed by atoms with Crippen molar-refractivity contribution in [1.29, 1.82) is 5.26 Å². The second-order valence-electron chi connectivity index (χ2n) is 8.06. The second kappa shape index (κ2) is 9.88. The van der Waals surface area contributed by atoms with Gasteiger partial charge in [-0.15, -0.1) is 11.3 Å². The Bertz CT molecular complexity index is 1260. The van der Waals surface area contributed by atoms with Crippen molar-refractivity contribution in [2.24, 2.45) is 0 Å². The lowest BCUT2D eigenvalue weighted by molar-refractivity contribution is -0.113. The Morgan fingerprint density at radius 1 is 1.31 bits per heavy atom. The Kier molecular flexibility index (Phi) is 6.97. The number of nitrogens with zero attached hydrogens (tertiary/aromatic N) is 3. The van der Waals surface area contributed by atoms with Gasteiger partial charge >= 0.3 is 0 Å². The Morgan fingerprint density at radius 3 is 2.88 bits per heavy atom. The summed E-state index contributed by atoms with van der Waals surface area (Å²) in [6, 6.07) is 9.57. The summed E-state index contributed by atoms with van der Waals surface area (Å²) in [5, 5.41) is 14.4. The summed E-state index contributed by atoms with van der Waals surface area (Å²) in [4.78, 5) is 31.8. The van der Waals surface area contributed by atoms with Crippen LogP contribution in [-0.4, -0.2) is 21.2 Å². The summed E-state index contributed by atoms with van der Waals surface area (Å²) in [7, 11) is 0. The number of fused-ring (bicyclic) bond motifs is 2. The molecule has 1 N–H and O–H groups in total. The Labute approximate surface area is 195 Å². The Hall–Kier alpha value is -2.63. The number of carbonyl (C=O) groups is 1. The number of rotatable bonds is 6. The zero-order valence-electron chi connectivity index (χ0n) is 18.3. The molecule has 1 unspecified atom stereocenters. The highest BCUT2D eigenvalue weighted by molar-refractivity contribution is 7.99. The van der Waals surface area contributed by atoms with E-state index in [9.17, 15) is 14.9 Å². The third-order valence-electron chi connectivity index (χ3n) is 5.93. The van der Waals surface area contributed by atoms with Crippen LogP contribution < -0.4 is 10.9 Å². The number of benzene rings is 1. The van der Waals surface area contributed by atoms with Gasteiger partial charge in [0, 0.05) is 10.9 Å². The van der Waals surface area contributed by atoms with Crippen LogP contribution in [0.2, 0.25) is 0 Å². The van der Waals surface area contributed by atoms with Gasteiger partial charge in [-0.3, -0.25) is 14.2 Å². The third kappa shape index (κ3) is 4.45. The van der Waals surface area contributed by atoms with Crippen LogP contribution in [0.3, 0.4) is 0 Å². The van der Waals surface area contributed by atoms with Gasteiger partial charge in [-0.2, -0.15) is 5.26 Å². The van der Waals surface area contributed by atoms with Gasteiger partial charge < -0.3 is 5.32 Å². The molecule has 32 heavy (non-hydrogen) atoms. The van der Waals surface area contributed by atoms with Gasteiger partial charge in [0.1, 0.15) is 11.1 Å². The number of thiophene rings is 1. The molecule has 6 nitrogen and oxygen atoms in total. The van der Waals surface area contributed by atoms with Crippen molar-refractivity contribution >= 4 is 44.9 Å². The summed E-state index contributed by atoms with van der Waals surface area (Å²) < 4.78 is 1.69. The maximum Gasteiger partial charge on any atom is 0.262 e. The monoisotopic (exact) mass is 466 g/mol. The predicted molar refractivity (Wildman–Crippen MR) is 131 cm³/mol. The Morgan fingerprint density at radius 2 is 2.09 bits per heavy atom. The zero-order valence-corrected chi connectivity index (χ0v) is 19.9. The summed E-state index contributed by atoms with van der Waals surface area (Å²) in [6.45, 7) is 4.01. The van der Waals surface area contributed by atoms with Crippen molar-refractivity contribution in [3.63, 3.8) is 0 Å². The minimum atomic E-state index is -0.194. The Balaban J connectivity index is 1.56. The average Bonchev–Trinajstić information content (AvgIpc) is 2.95. The highest BCUT2D eigenvalue weighted by atomic mass is 32.2. The van der Waals surface area contributed by atoms with Gasteiger partial charge in [-0.1, -0.05) is 37.2 Å². The van der Waals surface area contributed by atoms with Crippen LogP contribution in [0.25, 0.3) is 10.9 Å². The van der Waals surface area contributed by atoms with Crippen LogP contribution >= 0.6 is 23.1 Å². The van der Waals surface area contributed by atoms with Crippen LogP contribution in [0.15, 0.2) is 34.2 Å². The van der Waals surface area contributed by atoms with Gasteiger partial charge in [0.25, 0.3) is 5.56 Å². The quantitative estimate of drug-likeness (QED) is 0.303. The number of nitriles is 1. The molecule has 1 aliphatic rings. The number of hydrogen-bond acceptors (Lipinski definition) is 6. The van der Waals surface area contributed by atoms with Crippen molar-refractivity contribution in [2.45, 2.75) is 63.6 Å². The number of amides is 1. The van der Waals surface area contributed by atoms with Crippen molar-refractivity contribution in [1.82, 2.24) is 9.55 Å². The average molecular weight is 467 g/mol. The second-order valence-corrected chi connectivity index (χ2v) is 10.1. The molecule has 2 heterocycles. The van der Waals surface area contributed by atoms with Crippen LogP contribution in [0.5, 0.6) is 0 Å². The minimum Gasteiger partial charge on any atom is -0.316 e. The SMILES string of the molecule is CCC(C)n1c(SCC(=O)Nc2sc3c(c2C#N)CCCCC3)nc2ccccc2c1=O. The lowest BCUT2D eigenvalue weighted by Crippen LogP contribution is -2.26. The molecule has 1 amide bonds. The van der Waals surface area contributed by atoms with E-state index in [1.807, 2.05) is 32.0 Å². The maximum absolute atomic E-state index is 13.1. The number of anilines is 1. The highest BCUT2D eigenvalue weighted by Crippen LogP contribution is 2.37. The highest BCUT2D eigenvalue weighted by Gasteiger charge is 2.22. The fraction of sp³-hybridized carbons (Fsp3) is 0.417. The molecular formula is C24H26N4O2S2. The number of nitrogens with one attached hydrogen (secondary N) is 1. The molecule has 0 aliphatic heterocycles. The van der Waals surface area contributed by atoms with E-state index in [-0.39, 0.29) is 23.3 Å². The molecule has 3 aromatic rings. The first kappa shape index (κ1) is 22.6. The van der Waals surface area contributed by atoms with E-state index < -0.39 is 0 Å². The molecule has 2 aromatic heterocycles. The maximum atomic E-state index is 13.1. The molecule has 166 valence electrons. The first-order chi connectivity index (χ1) is 15.5. The summed E-state index contributed by atoms with van der Waals surface area (Å²) in [6.07, 6.45) is 6.06. The summed E-state index contributed by atoms with van der Waals surface area (Å²) >= 11 is 2.79. The molecule has 0 saturated heterocycles. The molecule has 0 spiro atoms. The summed E-state index contributed by atoms with van der Waals surface area (Å²) in [5.74, 6) is -0.0738. The normalized spacial score (nSPS) is 14.4. The van der Waals surface area contributed by atoms with Gasteiger partial charge in [0.15, 0.2) is 5.16 Å². The minimum absolute atomic E-state index is 0.0247. The van der Waals surface area contributed by atoms with E-state index in [1.165, 1.54) is 34.4 Å². The van der Waals surface area contributed by atoms with Gasteiger partial charge in [0.05, 0.1) is 22.2 Å². The molecule has 1 aromatic carbocycles. The van der Waals surface area contributed by atoms with Crippen LogP contribution in [0.1, 0.15) is 61.6 Å². The molecule has 1 atom stereocenters.